The average Bonchev–Trinajstić information content (AvgIpc) is 2.76. The number of nitrogens with one attached hydrogen (secondary N) is 1. The van der Waals surface area contributed by atoms with Gasteiger partial charge in [0.2, 0.25) is 0 Å². The van der Waals surface area contributed by atoms with Crippen LogP contribution in [0.4, 0.5) is 4.79 Å². The fourth-order valence-electron chi connectivity index (χ4n) is 2.45. The molecule has 1 fully saturated rings. The number of carboxylic acid groups (broad SMARTS) is 1. The van der Waals surface area contributed by atoms with Gasteiger partial charge in [-0.1, -0.05) is 5.16 Å². The number of carboxylic acids is 1. The number of aliphatic carboxylic acids is 1. The van der Waals surface area contributed by atoms with Crippen LogP contribution in [-0.2, 0) is 11.3 Å². The van der Waals surface area contributed by atoms with Crippen LogP contribution >= 0.6 is 0 Å². The number of piperidine rings is 1. The summed E-state index contributed by atoms with van der Waals surface area (Å²) in [5.74, 6) is -0.0943. The summed E-state index contributed by atoms with van der Waals surface area (Å²) in [6.07, 6.45) is 0.947. The van der Waals surface area contributed by atoms with Crippen LogP contribution in [0.3, 0.4) is 0 Å². The summed E-state index contributed by atoms with van der Waals surface area (Å²) in [5.41, 5.74) is 0.930. The fraction of sp³-hybridized carbons (Fsp3) is 0.643. The number of aromatic nitrogens is 1. The highest BCUT2D eigenvalue weighted by Crippen LogP contribution is 2.30. The molecule has 1 aromatic rings. The molecule has 7 heteroatoms. The second-order valence-corrected chi connectivity index (χ2v) is 5.81. The number of likely N-dealkylation sites (tertiary alicyclic amines) is 1. The van der Waals surface area contributed by atoms with Crippen LogP contribution in [0.5, 0.6) is 0 Å². The molecule has 7 nitrogen and oxygen atoms in total. The second kappa shape index (κ2) is 5.75. The zero-order valence-corrected chi connectivity index (χ0v) is 12.6. The molecule has 21 heavy (non-hydrogen) atoms. The molecular formula is C14H21N3O4. The number of carbonyl (C=O) groups is 2. The highest BCUT2D eigenvalue weighted by molar-refractivity contribution is 5.77. The largest absolute Gasteiger partial charge is 0.481 e. The first kappa shape index (κ1) is 15.3. The van der Waals surface area contributed by atoms with E-state index in [4.69, 9.17) is 4.52 Å². The third-order valence-corrected chi connectivity index (χ3v) is 4.27. The van der Waals surface area contributed by atoms with E-state index < -0.39 is 11.4 Å². The van der Waals surface area contributed by atoms with Crippen molar-refractivity contribution in [3.63, 3.8) is 0 Å². The van der Waals surface area contributed by atoms with E-state index in [9.17, 15) is 14.7 Å². The first-order valence-corrected chi connectivity index (χ1v) is 7.01. The molecule has 0 atom stereocenters. The van der Waals surface area contributed by atoms with E-state index in [2.05, 4.69) is 10.5 Å². The Hall–Kier alpha value is -2.05. The van der Waals surface area contributed by atoms with Crippen molar-refractivity contribution in [2.24, 2.45) is 5.41 Å². The van der Waals surface area contributed by atoms with Gasteiger partial charge in [0.25, 0.3) is 0 Å². The van der Waals surface area contributed by atoms with Gasteiger partial charge in [-0.15, -0.1) is 0 Å². The Morgan fingerprint density at radius 2 is 2.00 bits per heavy atom. The van der Waals surface area contributed by atoms with E-state index in [-0.39, 0.29) is 6.03 Å². The summed E-state index contributed by atoms with van der Waals surface area (Å²) in [5, 5.41) is 15.8. The molecule has 0 saturated carbocycles. The normalized spacial score (nSPS) is 17.6. The van der Waals surface area contributed by atoms with Crippen LogP contribution < -0.4 is 5.32 Å². The maximum absolute atomic E-state index is 12.1. The summed E-state index contributed by atoms with van der Waals surface area (Å²) in [7, 11) is 0. The Balaban J connectivity index is 1.87. The predicted octanol–water partition coefficient (Wildman–Crippen LogP) is 1.69. The Bertz CT molecular complexity index is 525. The minimum absolute atomic E-state index is 0.178. The molecule has 2 N–H and O–H groups in total. The summed E-state index contributed by atoms with van der Waals surface area (Å²) in [6, 6.07) is -0.178. The van der Waals surface area contributed by atoms with Crippen LogP contribution in [-0.4, -0.2) is 40.3 Å². The molecule has 2 heterocycles. The number of carbonyl (C=O) groups excluding carboxylic acids is 1. The van der Waals surface area contributed by atoms with Crippen molar-refractivity contribution in [3.05, 3.63) is 17.0 Å². The number of nitrogens with zero attached hydrogens (tertiary/aromatic N) is 2. The summed E-state index contributed by atoms with van der Waals surface area (Å²) in [4.78, 5) is 24.9. The maximum Gasteiger partial charge on any atom is 0.317 e. The van der Waals surface area contributed by atoms with E-state index in [1.54, 1.807) is 18.7 Å². The molecular weight excluding hydrogens is 274 g/mol. The van der Waals surface area contributed by atoms with E-state index >= 15 is 0 Å². The molecule has 1 aromatic heterocycles. The Morgan fingerprint density at radius 3 is 2.48 bits per heavy atom. The molecule has 116 valence electrons. The van der Waals surface area contributed by atoms with Gasteiger partial charge in [-0.3, -0.25) is 4.79 Å². The Labute approximate surface area is 123 Å². The van der Waals surface area contributed by atoms with Gasteiger partial charge in [0.15, 0.2) is 0 Å². The van der Waals surface area contributed by atoms with Crippen molar-refractivity contribution in [1.82, 2.24) is 15.4 Å². The van der Waals surface area contributed by atoms with E-state index in [1.807, 2.05) is 6.92 Å². The Kier molecular flexibility index (Phi) is 4.20. The predicted molar refractivity (Wildman–Crippen MR) is 74.8 cm³/mol. The van der Waals surface area contributed by atoms with Crippen LogP contribution in [0.2, 0.25) is 0 Å². The van der Waals surface area contributed by atoms with Gasteiger partial charge in [-0.25, -0.2) is 4.79 Å². The van der Waals surface area contributed by atoms with Crippen molar-refractivity contribution in [2.45, 2.75) is 40.2 Å². The molecule has 0 spiro atoms. The van der Waals surface area contributed by atoms with E-state index in [0.717, 1.165) is 11.3 Å². The second-order valence-electron chi connectivity index (χ2n) is 5.81. The number of urea groups is 1. The number of amides is 2. The van der Waals surface area contributed by atoms with Gasteiger partial charge in [0.05, 0.1) is 11.1 Å². The van der Waals surface area contributed by atoms with Gasteiger partial charge in [-0.05, 0) is 33.6 Å². The van der Waals surface area contributed by atoms with Crippen LogP contribution in [0.25, 0.3) is 0 Å². The van der Waals surface area contributed by atoms with Crippen molar-refractivity contribution in [3.8, 4) is 0 Å². The van der Waals surface area contributed by atoms with Crippen molar-refractivity contribution in [2.75, 3.05) is 13.1 Å². The van der Waals surface area contributed by atoms with Gasteiger partial charge in [-0.2, -0.15) is 0 Å². The first-order chi connectivity index (χ1) is 9.83. The lowest BCUT2D eigenvalue weighted by Gasteiger charge is -2.36. The van der Waals surface area contributed by atoms with Gasteiger partial charge in [0.1, 0.15) is 5.76 Å². The summed E-state index contributed by atoms with van der Waals surface area (Å²) < 4.78 is 5.05. The topological polar surface area (TPSA) is 95.7 Å². The monoisotopic (exact) mass is 295 g/mol. The molecule has 0 aromatic carbocycles. The van der Waals surface area contributed by atoms with Crippen LogP contribution in [0, 0.1) is 19.3 Å². The standard InChI is InChI=1S/C14H21N3O4/c1-9-11(10(2)21-16-9)8-15-13(20)17-6-4-14(3,5-7-17)12(18)19/h4-8H2,1-3H3,(H,15,20)(H,18,19). The van der Waals surface area contributed by atoms with Crippen molar-refractivity contribution >= 4 is 12.0 Å². The quantitative estimate of drug-likeness (QED) is 0.884. The molecule has 1 aliphatic heterocycles. The van der Waals surface area contributed by atoms with Gasteiger partial charge in [0, 0.05) is 25.2 Å². The Morgan fingerprint density at radius 1 is 1.38 bits per heavy atom. The smallest absolute Gasteiger partial charge is 0.317 e. The number of hydrogen-bond donors (Lipinski definition) is 2. The molecule has 0 bridgehead atoms. The zero-order valence-electron chi connectivity index (χ0n) is 12.6. The van der Waals surface area contributed by atoms with Gasteiger partial charge >= 0.3 is 12.0 Å². The molecule has 0 aliphatic carbocycles. The van der Waals surface area contributed by atoms with E-state index in [0.29, 0.717) is 38.2 Å². The highest BCUT2D eigenvalue weighted by atomic mass is 16.5. The lowest BCUT2D eigenvalue weighted by molar-refractivity contribution is -0.150. The van der Waals surface area contributed by atoms with Gasteiger partial charge < -0.3 is 19.8 Å². The minimum Gasteiger partial charge on any atom is -0.481 e. The van der Waals surface area contributed by atoms with E-state index in [1.165, 1.54) is 0 Å². The fourth-order valence-corrected chi connectivity index (χ4v) is 2.45. The van der Waals surface area contributed by atoms with Crippen LogP contribution in [0.15, 0.2) is 4.52 Å². The van der Waals surface area contributed by atoms with Crippen molar-refractivity contribution < 1.29 is 19.2 Å². The molecule has 2 rings (SSSR count). The zero-order chi connectivity index (χ0) is 15.6. The molecule has 0 radical (unpaired) electrons. The molecule has 2 amide bonds. The summed E-state index contributed by atoms with van der Waals surface area (Å²) in [6.45, 7) is 6.64. The lowest BCUT2D eigenvalue weighted by atomic mass is 9.80. The minimum atomic E-state index is -0.793. The van der Waals surface area contributed by atoms with Crippen molar-refractivity contribution in [1.29, 1.82) is 0 Å². The first-order valence-electron chi connectivity index (χ1n) is 7.01. The van der Waals surface area contributed by atoms with Crippen LogP contribution in [0.1, 0.15) is 36.8 Å². The maximum atomic E-state index is 12.1. The summed E-state index contributed by atoms with van der Waals surface area (Å²) >= 11 is 0. The lowest BCUT2D eigenvalue weighted by Crippen LogP contribution is -2.48. The highest BCUT2D eigenvalue weighted by Gasteiger charge is 2.38. The molecule has 1 aliphatic rings. The number of rotatable bonds is 3. The molecule has 0 unspecified atom stereocenters. The third kappa shape index (κ3) is 3.17. The third-order valence-electron chi connectivity index (χ3n) is 4.27. The number of hydrogen-bond acceptors (Lipinski definition) is 4. The average molecular weight is 295 g/mol. The SMILES string of the molecule is Cc1noc(C)c1CNC(=O)N1CCC(C)(C(=O)O)CC1. The molecule has 1 saturated heterocycles. The number of aryl methyl sites for hydroxylation is 2.